The summed E-state index contributed by atoms with van der Waals surface area (Å²) in [5.41, 5.74) is 0. The van der Waals surface area contributed by atoms with E-state index < -0.39 is 76.9 Å². The van der Waals surface area contributed by atoms with Crippen LogP contribution < -0.4 is 0 Å². The lowest BCUT2D eigenvalue weighted by atomic mass is 10.2. The second-order valence-corrected chi connectivity index (χ2v) is 7.44. The zero-order valence-electron chi connectivity index (χ0n) is 16.0. The van der Waals surface area contributed by atoms with Crippen molar-refractivity contribution in [2.24, 2.45) is 0 Å². The number of ether oxygens (including phenoxy) is 3. The molecule has 0 fully saturated rings. The van der Waals surface area contributed by atoms with Crippen LogP contribution in [0, 0.1) is 0 Å². The maximum atomic E-state index is 13.5. The summed E-state index contributed by atoms with van der Waals surface area (Å²) in [5, 5.41) is -6.09. The quantitative estimate of drug-likeness (QED) is 0.108. The molecule has 8 nitrogen and oxygen atoms in total. The third-order valence-electron chi connectivity index (χ3n) is 3.49. The van der Waals surface area contributed by atoms with E-state index in [1.165, 1.54) is 0 Å². The summed E-state index contributed by atoms with van der Waals surface area (Å²) >= 11 is 0. The van der Waals surface area contributed by atoms with E-state index in [4.69, 9.17) is 4.55 Å². The van der Waals surface area contributed by atoms with Crippen molar-refractivity contribution in [3.63, 3.8) is 0 Å². The van der Waals surface area contributed by atoms with E-state index in [2.05, 4.69) is 20.8 Å². The lowest BCUT2D eigenvalue weighted by molar-refractivity contribution is -0.358. The Hall–Kier alpha value is -2.15. The van der Waals surface area contributed by atoms with Crippen LogP contribution in [0.5, 0.6) is 0 Å². The number of halogens is 10. The highest BCUT2D eigenvalue weighted by Crippen LogP contribution is 2.42. The number of alkyl halides is 10. The molecule has 0 radical (unpaired) electrons. The first-order chi connectivity index (χ1) is 14.5. The van der Waals surface area contributed by atoms with Crippen molar-refractivity contribution in [2.75, 3.05) is 6.61 Å². The van der Waals surface area contributed by atoms with E-state index in [-0.39, 0.29) is 13.0 Å². The Morgan fingerprint density at radius 1 is 1.03 bits per heavy atom. The Kier molecular flexibility index (Phi) is 9.35. The van der Waals surface area contributed by atoms with Gasteiger partial charge in [-0.15, -0.1) is 0 Å². The normalized spacial score (nSPS) is 16.5. The van der Waals surface area contributed by atoms with Gasteiger partial charge in [0.25, 0.3) is 0 Å². The predicted molar refractivity (Wildman–Crippen MR) is 83.3 cm³/mol. The summed E-state index contributed by atoms with van der Waals surface area (Å²) in [6, 6.07) is 0. The van der Waals surface area contributed by atoms with Gasteiger partial charge in [-0.2, -0.15) is 52.3 Å². The van der Waals surface area contributed by atoms with Gasteiger partial charge in [0, 0.05) is 12.5 Å². The Bertz CT molecular complexity index is 836. The standard InChI is InChI=1S/C14H14F10O8S/c1-3-8(25)32-11(13(20,21)22,9(26)31-7(2)12(17,18)19)30-6-4-5-10(15,16)14(23,24)33(27,28)29/h3,7H,1,4-6H2,2H3,(H,27,28,29). The van der Waals surface area contributed by atoms with Crippen LogP contribution in [0.15, 0.2) is 12.7 Å². The van der Waals surface area contributed by atoms with Crippen molar-refractivity contribution in [3.05, 3.63) is 12.7 Å². The second kappa shape index (κ2) is 10.00. The highest BCUT2D eigenvalue weighted by Gasteiger charge is 2.69. The van der Waals surface area contributed by atoms with Crippen LogP contribution in [0.4, 0.5) is 43.9 Å². The summed E-state index contributed by atoms with van der Waals surface area (Å²) in [6.07, 6.45) is -18.7. The highest BCUT2D eigenvalue weighted by atomic mass is 32.2. The molecule has 19 heteroatoms. The molecule has 0 aliphatic carbocycles. The average molecular weight is 532 g/mol. The van der Waals surface area contributed by atoms with Crippen molar-refractivity contribution < 1.29 is 80.7 Å². The van der Waals surface area contributed by atoms with E-state index in [1.54, 1.807) is 0 Å². The van der Waals surface area contributed by atoms with Crippen molar-refractivity contribution in [3.8, 4) is 0 Å². The minimum absolute atomic E-state index is 0.00509. The Morgan fingerprint density at radius 2 is 1.52 bits per heavy atom. The molecule has 0 amide bonds. The van der Waals surface area contributed by atoms with Crippen molar-refractivity contribution in [2.45, 2.75) is 55.2 Å². The van der Waals surface area contributed by atoms with Crippen LogP contribution in [0.2, 0.25) is 0 Å². The fraction of sp³-hybridized carbons (Fsp3) is 0.714. The Balaban J connectivity index is 5.88. The van der Waals surface area contributed by atoms with Gasteiger partial charge in [0.2, 0.25) is 0 Å². The zero-order chi connectivity index (χ0) is 26.7. The van der Waals surface area contributed by atoms with Crippen molar-refractivity contribution >= 4 is 22.1 Å². The number of carbonyl (C=O) groups is 2. The predicted octanol–water partition coefficient (Wildman–Crippen LogP) is 3.38. The topological polar surface area (TPSA) is 116 Å². The zero-order valence-corrected chi connectivity index (χ0v) is 16.8. The van der Waals surface area contributed by atoms with Gasteiger partial charge in [0.15, 0.2) is 6.10 Å². The number of hydrogen-bond acceptors (Lipinski definition) is 7. The molecule has 194 valence electrons. The molecule has 0 saturated carbocycles. The number of rotatable bonds is 11. The molecule has 33 heavy (non-hydrogen) atoms. The molecular formula is C14H14F10O8S. The summed E-state index contributed by atoms with van der Waals surface area (Å²) in [6.45, 7) is 0.911. The first-order valence-electron chi connectivity index (χ1n) is 8.03. The first kappa shape index (κ1) is 30.9. The Labute approximate surface area is 178 Å². The molecule has 0 aliphatic heterocycles. The van der Waals surface area contributed by atoms with Gasteiger partial charge in [-0.25, -0.2) is 9.59 Å². The summed E-state index contributed by atoms with van der Waals surface area (Å²) in [5.74, 6) is -15.7. The second-order valence-electron chi connectivity index (χ2n) is 5.98. The van der Waals surface area contributed by atoms with Crippen LogP contribution in [0.3, 0.4) is 0 Å². The monoisotopic (exact) mass is 532 g/mol. The molecule has 0 rings (SSSR count). The summed E-state index contributed by atoms with van der Waals surface area (Å²) < 4.78 is 171. The fourth-order valence-corrected chi connectivity index (χ4v) is 2.20. The van der Waals surface area contributed by atoms with E-state index in [9.17, 15) is 61.9 Å². The van der Waals surface area contributed by atoms with Crippen LogP contribution >= 0.6 is 0 Å². The smallest absolute Gasteiger partial charge is 0.448 e. The maximum Gasteiger partial charge on any atom is 0.468 e. The molecule has 1 N–H and O–H groups in total. The lowest BCUT2D eigenvalue weighted by Gasteiger charge is -2.33. The van der Waals surface area contributed by atoms with E-state index in [0.717, 1.165) is 0 Å². The van der Waals surface area contributed by atoms with Gasteiger partial charge in [-0.1, -0.05) is 6.58 Å². The third kappa shape index (κ3) is 7.16. The van der Waals surface area contributed by atoms with E-state index in [0.29, 0.717) is 0 Å². The van der Waals surface area contributed by atoms with Gasteiger partial charge in [-0.3, -0.25) is 4.55 Å². The minimum Gasteiger partial charge on any atom is -0.448 e. The summed E-state index contributed by atoms with van der Waals surface area (Å²) in [4.78, 5) is 23.1. The Morgan fingerprint density at radius 3 is 1.88 bits per heavy atom. The fourth-order valence-electron chi connectivity index (χ4n) is 1.72. The van der Waals surface area contributed by atoms with Gasteiger partial charge < -0.3 is 14.2 Å². The third-order valence-corrected chi connectivity index (χ3v) is 4.43. The molecule has 0 heterocycles. The van der Waals surface area contributed by atoms with Crippen molar-refractivity contribution in [1.29, 1.82) is 0 Å². The molecule has 0 aromatic carbocycles. The van der Waals surface area contributed by atoms with Gasteiger partial charge in [-0.05, 0) is 13.3 Å². The summed E-state index contributed by atoms with van der Waals surface area (Å²) in [7, 11) is -6.67. The first-order valence-corrected chi connectivity index (χ1v) is 9.47. The van der Waals surface area contributed by atoms with Gasteiger partial charge in [0.1, 0.15) is 0 Å². The van der Waals surface area contributed by atoms with Crippen LogP contribution in [0.25, 0.3) is 0 Å². The molecular weight excluding hydrogens is 518 g/mol. The number of carbonyl (C=O) groups excluding carboxylic acids is 2. The largest absolute Gasteiger partial charge is 0.468 e. The maximum absolute atomic E-state index is 13.5. The molecule has 0 aromatic heterocycles. The molecule has 2 atom stereocenters. The van der Waals surface area contributed by atoms with Crippen molar-refractivity contribution in [1.82, 2.24) is 0 Å². The highest BCUT2D eigenvalue weighted by molar-refractivity contribution is 7.87. The number of esters is 2. The average Bonchev–Trinajstić information content (AvgIpc) is 2.60. The van der Waals surface area contributed by atoms with Crippen LogP contribution in [0.1, 0.15) is 19.8 Å². The molecule has 0 saturated heterocycles. The van der Waals surface area contributed by atoms with Gasteiger partial charge in [0.05, 0.1) is 6.61 Å². The number of hydrogen-bond donors (Lipinski definition) is 1. The SMILES string of the molecule is C=CC(=O)OC(OCCCC(F)(F)C(F)(F)S(=O)(=O)O)(C(=O)OC(C)C(F)(F)F)C(F)(F)F. The van der Waals surface area contributed by atoms with E-state index >= 15 is 0 Å². The van der Waals surface area contributed by atoms with E-state index in [1.807, 2.05) is 0 Å². The van der Waals surface area contributed by atoms with Crippen LogP contribution in [-0.4, -0.2) is 66.9 Å². The van der Waals surface area contributed by atoms with Gasteiger partial charge >= 0.3 is 51.4 Å². The molecule has 2 unspecified atom stereocenters. The molecule has 0 bridgehead atoms. The molecule has 0 aromatic rings. The lowest BCUT2D eigenvalue weighted by Crippen LogP contribution is -2.59. The van der Waals surface area contributed by atoms with Crippen LogP contribution in [-0.2, 0) is 33.9 Å². The molecule has 0 spiro atoms. The molecule has 0 aliphatic rings. The minimum atomic E-state index is -6.67.